The largest absolute Gasteiger partial charge is 0.479 e. The monoisotopic (exact) mass is 297 g/mol. The maximum atomic E-state index is 11.7. The van der Waals surface area contributed by atoms with Gasteiger partial charge >= 0.3 is 0 Å². The average molecular weight is 298 g/mol. The summed E-state index contributed by atoms with van der Waals surface area (Å²) in [4.78, 5) is 24.3. The second-order valence-electron chi connectivity index (χ2n) is 4.90. The normalized spacial score (nSPS) is 13.4. The molecule has 2 rings (SSSR count). The molecule has 0 radical (unpaired) electrons. The molecule has 0 saturated carbocycles. The van der Waals surface area contributed by atoms with Crippen molar-refractivity contribution in [3.05, 3.63) is 12.2 Å². The Kier molecular flexibility index (Phi) is 3.56. The van der Waals surface area contributed by atoms with Gasteiger partial charge in [-0.1, -0.05) is 0 Å². The highest BCUT2D eigenvalue weighted by atomic mass is 35.5. The smallest absolute Gasteiger partial charge is 0.245 e. The highest BCUT2D eigenvalue weighted by Crippen LogP contribution is 2.32. The van der Waals surface area contributed by atoms with Crippen LogP contribution in [0.4, 0.5) is 0 Å². The molecule has 0 fully saturated rings. The van der Waals surface area contributed by atoms with Crippen molar-refractivity contribution in [3.8, 4) is 5.88 Å². The molecule has 0 aliphatic rings. The summed E-state index contributed by atoms with van der Waals surface area (Å²) in [6.45, 7) is 5.14. The number of hydrogen-bond donors (Lipinski definition) is 1. The molecule has 2 heterocycles. The fourth-order valence-corrected chi connectivity index (χ4v) is 2.11. The van der Waals surface area contributed by atoms with Gasteiger partial charge in [-0.2, -0.15) is 4.98 Å². The average Bonchev–Trinajstić information content (AvgIpc) is 2.78. The van der Waals surface area contributed by atoms with E-state index in [1.54, 1.807) is 25.3 Å². The Morgan fingerprint density at radius 1 is 1.50 bits per heavy atom. The number of imidazole rings is 1. The summed E-state index contributed by atoms with van der Waals surface area (Å²) in [5.74, 6) is 0.310. The highest BCUT2D eigenvalue weighted by molar-refractivity contribution is 6.20. The number of amides is 1. The van der Waals surface area contributed by atoms with Gasteiger partial charge in [0, 0.05) is 0 Å². The van der Waals surface area contributed by atoms with Gasteiger partial charge in [0.1, 0.15) is 17.7 Å². The van der Waals surface area contributed by atoms with Crippen LogP contribution in [-0.2, 0) is 10.3 Å². The molecule has 2 N–H and O–H groups in total. The molecule has 2 aromatic rings. The minimum Gasteiger partial charge on any atom is -0.479 e. The molecule has 0 aliphatic carbocycles. The predicted molar refractivity (Wildman–Crippen MR) is 74.7 cm³/mol. The number of methoxy groups -OCH3 is 1. The van der Waals surface area contributed by atoms with Crippen LogP contribution >= 0.6 is 11.6 Å². The van der Waals surface area contributed by atoms with E-state index in [1.807, 2.05) is 0 Å². The van der Waals surface area contributed by atoms with Crippen molar-refractivity contribution in [2.24, 2.45) is 5.73 Å². The number of aromatic nitrogens is 4. The number of primary amides is 1. The van der Waals surface area contributed by atoms with Crippen LogP contribution in [0.3, 0.4) is 0 Å². The molecule has 0 bridgehead atoms. The molecule has 7 nitrogen and oxygen atoms in total. The van der Waals surface area contributed by atoms with Gasteiger partial charge < -0.3 is 10.5 Å². The summed E-state index contributed by atoms with van der Waals surface area (Å²) in [5, 5.41) is -0.424. The second kappa shape index (κ2) is 4.90. The molecule has 0 spiro atoms. The van der Waals surface area contributed by atoms with E-state index in [4.69, 9.17) is 22.1 Å². The van der Waals surface area contributed by atoms with Gasteiger partial charge in [-0.05, 0) is 20.8 Å². The van der Waals surface area contributed by atoms with Gasteiger partial charge in [-0.15, -0.1) is 11.6 Å². The van der Waals surface area contributed by atoms with Crippen molar-refractivity contribution in [1.29, 1.82) is 0 Å². The van der Waals surface area contributed by atoms with Crippen molar-refractivity contribution in [2.45, 2.75) is 31.7 Å². The van der Waals surface area contributed by atoms with Gasteiger partial charge in [0.05, 0.1) is 12.5 Å². The number of nitrogens with two attached hydrogens (primary N) is 1. The van der Waals surface area contributed by atoms with Crippen LogP contribution in [0.2, 0.25) is 0 Å². The van der Waals surface area contributed by atoms with E-state index in [0.29, 0.717) is 22.9 Å². The number of carbonyl (C=O) groups excluding carboxylic acids is 1. The molecule has 20 heavy (non-hydrogen) atoms. The highest BCUT2D eigenvalue weighted by Gasteiger charge is 2.34. The van der Waals surface area contributed by atoms with Crippen LogP contribution in [0.1, 0.15) is 32.0 Å². The fourth-order valence-electron chi connectivity index (χ4n) is 1.97. The number of carbonyl (C=O) groups is 1. The Hall–Kier alpha value is -1.89. The molecular weight excluding hydrogens is 282 g/mol. The van der Waals surface area contributed by atoms with Gasteiger partial charge in [0.2, 0.25) is 11.8 Å². The van der Waals surface area contributed by atoms with Crippen molar-refractivity contribution < 1.29 is 9.53 Å². The van der Waals surface area contributed by atoms with E-state index in [1.165, 1.54) is 13.4 Å². The number of hydrogen-bond acceptors (Lipinski definition) is 5. The van der Waals surface area contributed by atoms with Crippen molar-refractivity contribution >= 4 is 28.7 Å². The second-order valence-corrected chi connectivity index (χ2v) is 5.55. The Bertz CT molecular complexity index is 665. The first-order chi connectivity index (χ1) is 9.30. The molecule has 0 saturated heterocycles. The summed E-state index contributed by atoms with van der Waals surface area (Å²) in [5.41, 5.74) is 5.38. The topological polar surface area (TPSA) is 95.9 Å². The molecule has 1 atom stereocenters. The SMILES string of the molecule is COc1ncnc2c1nc(C(C)Cl)n2C(C)(C)C(N)=O. The van der Waals surface area contributed by atoms with Crippen LogP contribution in [0.25, 0.3) is 11.2 Å². The third-order valence-corrected chi connectivity index (χ3v) is 3.34. The third kappa shape index (κ3) is 2.07. The molecule has 1 amide bonds. The summed E-state index contributed by atoms with van der Waals surface area (Å²) in [6.07, 6.45) is 1.35. The van der Waals surface area contributed by atoms with Gasteiger partial charge in [-0.25, -0.2) is 9.97 Å². The Morgan fingerprint density at radius 2 is 2.15 bits per heavy atom. The first-order valence-corrected chi connectivity index (χ1v) is 6.46. The maximum Gasteiger partial charge on any atom is 0.245 e. The number of halogens is 1. The quantitative estimate of drug-likeness (QED) is 0.859. The number of fused-ring (bicyclic) bond motifs is 1. The van der Waals surface area contributed by atoms with Crippen LogP contribution in [0.15, 0.2) is 6.33 Å². The zero-order chi connectivity index (χ0) is 15.1. The zero-order valence-corrected chi connectivity index (χ0v) is 12.5. The molecule has 2 aromatic heterocycles. The van der Waals surface area contributed by atoms with E-state index < -0.39 is 16.8 Å². The lowest BCUT2D eigenvalue weighted by Crippen LogP contribution is -2.42. The van der Waals surface area contributed by atoms with E-state index in [0.717, 1.165) is 0 Å². The lowest BCUT2D eigenvalue weighted by molar-refractivity contribution is -0.125. The summed E-state index contributed by atoms with van der Waals surface area (Å²) < 4.78 is 6.79. The number of rotatable bonds is 4. The maximum absolute atomic E-state index is 11.7. The number of alkyl halides is 1. The van der Waals surface area contributed by atoms with Crippen molar-refractivity contribution in [2.75, 3.05) is 7.11 Å². The lowest BCUT2D eigenvalue weighted by atomic mass is 10.0. The van der Waals surface area contributed by atoms with Crippen LogP contribution in [0.5, 0.6) is 5.88 Å². The van der Waals surface area contributed by atoms with Crippen molar-refractivity contribution in [3.63, 3.8) is 0 Å². The Labute approximate surface area is 121 Å². The first kappa shape index (κ1) is 14.5. The number of ether oxygens (including phenoxy) is 1. The minimum atomic E-state index is -1.02. The molecule has 0 aliphatic heterocycles. The molecule has 8 heteroatoms. The summed E-state index contributed by atoms with van der Waals surface area (Å²) in [7, 11) is 1.49. The van der Waals surface area contributed by atoms with E-state index in [9.17, 15) is 4.79 Å². The summed E-state index contributed by atoms with van der Waals surface area (Å²) >= 11 is 6.16. The predicted octanol–water partition coefficient (Wildman–Crippen LogP) is 1.36. The molecular formula is C12H16ClN5O2. The van der Waals surface area contributed by atoms with Crippen LogP contribution in [-0.4, -0.2) is 32.5 Å². The number of nitrogens with zero attached hydrogens (tertiary/aromatic N) is 4. The molecule has 108 valence electrons. The van der Waals surface area contributed by atoms with Gasteiger partial charge in [0.15, 0.2) is 11.2 Å². The standard InChI is InChI=1S/C12H16ClN5O2/c1-6(13)8-17-7-9(15-5-16-10(7)20-4)18(8)12(2,3)11(14)19/h5-6H,1-4H3,(H2,14,19). The Balaban J connectivity index is 2.87. The molecule has 0 aromatic carbocycles. The summed E-state index contributed by atoms with van der Waals surface area (Å²) in [6, 6.07) is 0. The third-order valence-electron chi connectivity index (χ3n) is 3.15. The molecule has 1 unspecified atom stereocenters. The van der Waals surface area contributed by atoms with Crippen LogP contribution < -0.4 is 10.5 Å². The van der Waals surface area contributed by atoms with Crippen molar-refractivity contribution in [1.82, 2.24) is 19.5 Å². The fraction of sp³-hybridized carbons (Fsp3) is 0.500. The van der Waals surface area contributed by atoms with Gasteiger partial charge in [-0.3, -0.25) is 9.36 Å². The van der Waals surface area contributed by atoms with Gasteiger partial charge in [0.25, 0.3) is 0 Å². The van der Waals surface area contributed by atoms with Crippen LogP contribution in [0, 0.1) is 0 Å². The lowest BCUT2D eigenvalue weighted by Gasteiger charge is -2.25. The first-order valence-electron chi connectivity index (χ1n) is 6.02. The Morgan fingerprint density at radius 3 is 2.65 bits per heavy atom. The minimum absolute atomic E-state index is 0.326. The van der Waals surface area contributed by atoms with E-state index >= 15 is 0 Å². The zero-order valence-electron chi connectivity index (χ0n) is 11.7. The van der Waals surface area contributed by atoms with E-state index in [-0.39, 0.29) is 0 Å². The van der Waals surface area contributed by atoms with E-state index in [2.05, 4.69) is 15.0 Å².